The predicted molar refractivity (Wildman–Crippen MR) is 106 cm³/mol. The molecule has 0 radical (unpaired) electrons. The van der Waals surface area contributed by atoms with Crippen LogP contribution in [0.4, 0.5) is 0 Å². The van der Waals surface area contributed by atoms with E-state index >= 15 is 0 Å². The van der Waals surface area contributed by atoms with Gasteiger partial charge in [-0.1, -0.05) is 25.5 Å². The van der Waals surface area contributed by atoms with Gasteiger partial charge in [-0.25, -0.2) is 4.99 Å². The van der Waals surface area contributed by atoms with E-state index in [2.05, 4.69) is 4.99 Å². The van der Waals surface area contributed by atoms with Crippen LogP contribution >= 0.6 is 0 Å². The van der Waals surface area contributed by atoms with Gasteiger partial charge in [-0.05, 0) is 49.6 Å². The molecule has 3 saturated carbocycles. The number of rotatable bonds is 2. The van der Waals surface area contributed by atoms with Gasteiger partial charge in [0.25, 0.3) is 0 Å². The van der Waals surface area contributed by atoms with E-state index in [0.717, 1.165) is 5.57 Å². The van der Waals surface area contributed by atoms with Crippen LogP contribution in [0.5, 0.6) is 0 Å². The summed E-state index contributed by atoms with van der Waals surface area (Å²) < 4.78 is 33.3. The third-order valence-corrected chi connectivity index (χ3v) is 8.31. The highest BCUT2D eigenvalue weighted by Crippen LogP contribution is 2.69. The highest BCUT2D eigenvalue weighted by atomic mass is 16.5. The number of carbonyl (C=O) groups excluding carboxylic acids is 2. The Hall–Kier alpha value is -1.79. The summed E-state index contributed by atoms with van der Waals surface area (Å²) in [4.78, 5) is 29.7. The maximum atomic E-state index is 13.2. The summed E-state index contributed by atoms with van der Waals surface area (Å²) in [5.74, 6) is -2.06. The maximum absolute atomic E-state index is 13.2. The van der Waals surface area contributed by atoms with Crippen molar-refractivity contribution in [2.75, 3.05) is 6.61 Å². The van der Waals surface area contributed by atoms with Crippen LogP contribution in [-0.4, -0.2) is 52.0 Å². The Balaban J connectivity index is 1.75. The van der Waals surface area contributed by atoms with Gasteiger partial charge in [0.15, 0.2) is 23.0 Å². The molecule has 4 aliphatic carbocycles. The van der Waals surface area contributed by atoms with Crippen molar-refractivity contribution in [2.45, 2.75) is 64.1 Å². The molecule has 0 saturated heterocycles. The summed E-state index contributed by atoms with van der Waals surface area (Å²) in [7, 11) is 0. The van der Waals surface area contributed by atoms with Crippen molar-refractivity contribution >= 4 is 17.5 Å². The lowest BCUT2D eigenvalue weighted by atomic mass is 9.46. The van der Waals surface area contributed by atoms with E-state index in [1.54, 1.807) is 26.0 Å². The molecule has 0 spiro atoms. The van der Waals surface area contributed by atoms with Crippen molar-refractivity contribution in [3.05, 3.63) is 23.8 Å². The van der Waals surface area contributed by atoms with Crippen molar-refractivity contribution in [1.82, 2.24) is 0 Å². The smallest absolute Gasteiger partial charge is 0.190 e. The fraction of sp³-hybridized carbons (Fsp3) is 0.696. The highest BCUT2D eigenvalue weighted by molar-refractivity contribution is 6.01. The van der Waals surface area contributed by atoms with Crippen molar-refractivity contribution in [1.29, 1.82) is 0 Å². The molecular weight excluding hydrogens is 370 g/mol. The molecule has 3 fully saturated rings. The molecule has 1 heterocycles. The number of Topliss-reactive ketones (excluding diaryl/α,β-unsaturated/α-hetero) is 1. The first-order chi connectivity index (χ1) is 14.8. The van der Waals surface area contributed by atoms with Gasteiger partial charge in [-0.15, -0.1) is 0 Å². The SMILES string of the molecule is [2H]C1([2H])[C@]([2H])(O)[C@H]2[C@@H](CCC3=CC(=O)C=C[C@@]32C)[C@@H]2C[C@H]3OC(C)=N[C@@]3(C(=O)CO)[C@]21C. The first kappa shape index (κ1) is 16.0. The minimum Gasteiger partial charge on any atom is -0.475 e. The van der Waals surface area contributed by atoms with Crippen LogP contribution in [-0.2, 0) is 14.3 Å². The van der Waals surface area contributed by atoms with Gasteiger partial charge >= 0.3 is 0 Å². The highest BCUT2D eigenvalue weighted by Gasteiger charge is 2.74. The Morgan fingerprint density at radius 2 is 2.24 bits per heavy atom. The number of hydrogen-bond acceptors (Lipinski definition) is 6. The Bertz CT molecular complexity index is 1020. The van der Waals surface area contributed by atoms with Crippen LogP contribution in [0.15, 0.2) is 28.8 Å². The number of hydrogen-bond donors (Lipinski definition) is 2. The Labute approximate surface area is 174 Å². The second kappa shape index (κ2) is 5.88. The van der Waals surface area contributed by atoms with Crippen LogP contribution in [0.3, 0.4) is 0 Å². The number of fused-ring (bicyclic) bond motifs is 7. The van der Waals surface area contributed by atoms with E-state index in [4.69, 9.17) is 6.11 Å². The van der Waals surface area contributed by atoms with Gasteiger partial charge in [0.1, 0.15) is 12.7 Å². The Morgan fingerprint density at radius 1 is 1.48 bits per heavy atom. The monoisotopic (exact) mass is 402 g/mol. The van der Waals surface area contributed by atoms with Gasteiger partial charge in [0.05, 0.1) is 7.45 Å². The van der Waals surface area contributed by atoms with Gasteiger partial charge < -0.3 is 14.9 Å². The molecule has 1 aliphatic heterocycles. The quantitative estimate of drug-likeness (QED) is 0.736. The van der Waals surface area contributed by atoms with E-state index in [1.807, 2.05) is 6.92 Å². The maximum Gasteiger partial charge on any atom is 0.190 e. The molecule has 0 bridgehead atoms. The molecular formula is C23H29NO5. The van der Waals surface area contributed by atoms with Crippen LogP contribution in [0.2, 0.25) is 0 Å². The lowest BCUT2D eigenvalue weighted by Crippen LogP contribution is -2.62. The predicted octanol–water partition coefficient (Wildman–Crippen LogP) is 1.99. The van der Waals surface area contributed by atoms with Gasteiger partial charge in [0.2, 0.25) is 0 Å². The van der Waals surface area contributed by atoms with Crippen molar-refractivity contribution in [2.24, 2.45) is 33.6 Å². The Morgan fingerprint density at radius 3 is 2.97 bits per heavy atom. The van der Waals surface area contributed by atoms with Crippen LogP contribution in [0, 0.1) is 28.6 Å². The van der Waals surface area contributed by atoms with E-state index in [1.165, 1.54) is 6.08 Å². The van der Waals surface area contributed by atoms with E-state index in [-0.39, 0.29) is 17.6 Å². The average Bonchev–Trinajstić information content (AvgIpc) is 3.17. The van der Waals surface area contributed by atoms with Crippen molar-refractivity contribution in [3.63, 3.8) is 0 Å². The summed E-state index contributed by atoms with van der Waals surface area (Å²) in [6, 6.07) is 0. The van der Waals surface area contributed by atoms with Gasteiger partial charge in [0, 0.05) is 26.4 Å². The van der Waals surface area contributed by atoms with Crippen LogP contribution in [0.25, 0.3) is 0 Å². The minimum atomic E-state index is -2.58. The number of carbonyl (C=O) groups is 2. The second-order valence-corrected chi connectivity index (χ2v) is 9.51. The van der Waals surface area contributed by atoms with Gasteiger partial charge in [-0.3, -0.25) is 9.59 Å². The molecule has 0 aromatic rings. The molecule has 156 valence electrons. The second-order valence-electron chi connectivity index (χ2n) is 9.51. The lowest BCUT2D eigenvalue weighted by Gasteiger charge is -2.59. The molecule has 8 atom stereocenters. The summed E-state index contributed by atoms with van der Waals surface area (Å²) in [5.41, 5.74) is -3.31. The number of aliphatic hydroxyl groups is 2. The first-order valence-electron chi connectivity index (χ1n) is 11.8. The minimum absolute atomic E-state index is 0.144. The number of aliphatic hydroxyl groups excluding tert-OH is 1. The van der Waals surface area contributed by atoms with Gasteiger partial charge in [-0.2, -0.15) is 0 Å². The molecule has 2 N–H and O–H groups in total. The van der Waals surface area contributed by atoms with E-state index in [0.29, 0.717) is 19.3 Å². The number of aliphatic imine (C=N–C) groups is 1. The van der Waals surface area contributed by atoms with Crippen molar-refractivity contribution < 1.29 is 28.7 Å². The largest absolute Gasteiger partial charge is 0.475 e. The standard InChI is InChI=1S/C23H29NO5/c1-12-24-23(18(28)11-25)19(29-12)9-16-15-5-4-13-8-14(26)6-7-21(13,2)20(15)17(27)10-22(16,23)3/h6-8,15-17,19-20,25,27H,4-5,9-11H2,1-3H3/t15-,16-,17-,19+,20+,21-,22-,23+/m0/s1/i10D2,17D. The number of ether oxygens (including phenoxy) is 1. The summed E-state index contributed by atoms with van der Waals surface area (Å²) >= 11 is 0. The molecule has 0 unspecified atom stereocenters. The average molecular weight is 403 g/mol. The topological polar surface area (TPSA) is 96.2 Å². The number of ketones is 2. The molecule has 5 rings (SSSR count). The fourth-order valence-corrected chi connectivity index (χ4v) is 7.08. The zero-order chi connectivity index (χ0) is 23.5. The summed E-state index contributed by atoms with van der Waals surface area (Å²) in [6.07, 6.45) is 0.289. The molecule has 0 aromatic heterocycles. The third kappa shape index (κ3) is 2.17. The summed E-state index contributed by atoms with van der Waals surface area (Å²) in [5, 5.41) is 21.5. The fourth-order valence-electron chi connectivity index (χ4n) is 7.08. The van der Waals surface area contributed by atoms with E-state index < -0.39 is 59.2 Å². The molecule has 5 aliphatic rings. The van der Waals surface area contributed by atoms with Crippen LogP contribution < -0.4 is 0 Å². The zero-order valence-corrected chi connectivity index (χ0v) is 16.9. The molecule has 6 nitrogen and oxygen atoms in total. The third-order valence-electron chi connectivity index (χ3n) is 8.31. The summed E-state index contributed by atoms with van der Waals surface area (Å²) in [6.45, 7) is 4.23. The molecule has 0 amide bonds. The van der Waals surface area contributed by atoms with Crippen LogP contribution in [0.1, 0.15) is 50.5 Å². The number of nitrogens with zero attached hydrogens (tertiary/aromatic N) is 1. The van der Waals surface area contributed by atoms with E-state index in [9.17, 15) is 22.5 Å². The zero-order valence-electron chi connectivity index (χ0n) is 19.9. The lowest BCUT2D eigenvalue weighted by molar-refractivity contribution is -0.146. The molecule has 6 heteroatoms. The normalized spacial score (nSPS) is 55.8. The Kier molecular flexibility index (Phi) is 3.24. The molecule has 0 aromatic carbocycles. The van der Waals surface area contributed by atoms with Crippen molar-refractivity contribution in [3.8, 4) is 0 Å². The first-order valence-corrected chi connectivity index (χ1v) is 10.3. The number of allylic oxidation sites excluding steroid dienone is 4. The molecule has 29 heavy (non-hydrogen) atoms.